The van der Waals surface area contributed by atoms with Gasteiger partial charge in [-0.05, 0) is 37.5 Å². The number of aryl methyl sites for hydroxylation is 1. The van der Waals surface area contributed by atoms with Crippen LogP contribution in [0, 0.1) is 0 Å². The predicted octanol–water partition coefficient (Wildman–Crippen LogP) is 3.03. The zero-order chi connectivity index (χ0) is 18.2. The van der Waals surface area contributed by atoms with Gasteiger partial charge in [-0.15, -0.1) is 0 Å². The predicted molar refractivity (Wildman–Crippen MR) is 95.8 cm³/mol. The summed E-state index contributed by atoms with van der Waals surface area (Å²) in [7, 11) is 0. The molecule has 0 aliphatic carbocycles. The summed E-state index contributed by atoms with van der Waals surface area (Å²) in [5, 5.41) is 21.7. The van der Waals surface area contributed by atoms with Gasteiger partial charge in [0.05, 0.1) is 0 Å². The standard InChI is InChI=1S/C20H23NO4/c1-14(13-19(23)16-5-3-2-4-6-16)21-18(20(24)25)12-9-15-7-10-17(22)11-8-15/h2-8,10-11,14,18,21-22H,9,12-13H2,1H3,(H,24,25). The number of carboxylic acid groups (broad SMARTS) is 1. The maximum absolute atomic E-state index is 12.2. The number of carbonyl (C=O) groups excluding carboxylic acids is 1. The first-order valence-electron chi connectivity index (χ1n) is 8.30. The number of benzene rings is 2. The average Bonchev–Trinajstić information content (AvgIpc) is 2.60. The molecule has 2 rings (SSSR count). The lowest BCUT2D eigenvalue weighted by Gasteiger charge is -2.20. The van der Waals surface area contributed by atoms with Crippen LogP contribution >= 0.6 is 0 Å². The molecule has 0 amide bonds. The molecule has 2 aromatic carbocycles. The van der Waals surface area contributed by atoms with Gasteiger partial charge in [0.1, 0.15) is 11.8 Å². The van der Waals surface area contributed by atoms with Crippen molar-refractivity contribution in [2.45, 2.75) is 38.3 Å². The third kappa shape index (κ3) is 6.04. The topological polar surface area (TPSA) is 86.6 Å². The second kappa shape index (κ2) is 8.99. The maximum atomic E-state index is 12.2. The zero-order valence-electron chi connectivity index (χ0n) is 14.2. The fourth-order valence-corrected chi connectivity index (χ4v) is 2.67. The molecule has 2 unspecified atom stereocenters. The van der Waals surface area contributed by atoms with Gasteiger partial charge in [-0.1, -0.05) is 42.5 Å². The number of phenols is 1. The van der Waals surface area contributed by atoms with Crippen molar-refractivity contribution in [1.29, 1.82) is 0 Å². The first-order chi connectivity index (χ1) is 12.0. The third-order valence-corrected chi connectivity index (χ3v) is 4.03. The Labute approximate surface area is 147 Å². The van der Waals surface area contributed by atoms with Crippen molar-refractivity contribution in [3.63, 3.8) is 0 Å². The van der Waals surface area contributed by atoms with Gasteiger partial charge in [0.25, 0.3) is 0 Å². The third-order valence-electron chi connectivity index (χ3n) is 4.03. The molecule has 0 fully saturated rings. The number of carboxylic acids is 1. The van der Waals surface area contributed by atoms with E-state index in [4.69, 9.17) is 0 Å². The highest BCUT2D eigenvalue weighted by Crippen LogP contribution is 2.13. The van der Waals surface area contributed by atoms with E-state index in [0.717, 1.165) is 5.56 Å². The highest BCUT2D eigenvalue weighted by atomic mass is 16.4. The maximum Gasteiger partial charge on any atom is 0.320 e. The SMILES string of the molecule is CC(CC(=O)c1ccccc1)NC(CCc1ccc(O)cc1)C(=O)O. The normalized spacial score (nSPS) is 13.2. The van der Waals surface area contributed by atoms with Gasteiger partial charge in [-0.25, -0.2) is 0 Å². The summed E-state index contributed by atoms with van der Waals surface area (Å²) in [6, 6.07) is 14.7. The number of Topliss-reactive ketones (excluding diaryl/α,β-unsaturated/α-hetero) is 1. The monoisotopic (exact) mass is 341 g/mol. The molecule has 25 heavy (non-hydrogen) atoms. The molecular formula is C20H23NO4. The lowest BCUT2D eigenvalue weighted by molar-refractivity contribution is -0.139. The smallest absolute Gasteiger partial charge is 0.320 e. The van der Waals surface area contributed by atoms with Crippen LogP contribution in [0.2, 0.25) is 0 Å². The van der Waals surface area contributed by atoms with Crippen LogP contribution in [-0.2, 0) is 11.2 Å². The largest absolute Gasteiger partial charge is 0.508 e. The number of ketones is 1. The van der Waals surface area contributed by atoms with E-state index >= 15 is 0 Å². The van der Waals surface area contributed by atoms with Gasteiger partial charge < -0.3 is 15.5 Å². The van der Waals surface area contributed by atoms with E-state index in [0.29, 0.717) is 18.4 Å². The van der Waals surface area contributed by atoms with Gasteiger partial charge in [-0.3, -0.25) is 9.59 Å². The fraction of sp³-hybridized carbons (Fsp3) is 0.300. The molecule has 3 N–H and O–H groups in total. The summed E-state index contributed by atoms with van der Waals surface area (Å²) in [5.74, 6) is -0.759. The first kappa shape index (κ1) is 18.7. The molecule has 132 valence electrons. The molecule has 0 aromatic heterocycles. The van der Waals surface area contributed by atoms with Crippen molar-refractivity contribution in [3.05, 3.63) is 65.7 Å². The van der Waals surface area contributed by atoms with E-state index < -0.39 is 12.0 Å². The van der Waals surface area contributed by atoms with Gasteiger partial charge in [0.2, 0.25) is 0 Å². The van der Waals surface area contributed by atoms with Crippen molar-refractivity contribution in [2.75, 3.05) is 0 Å². The van der Waals surface area contributed by atoms with Crippen LogP contribution < -0.4 is 5.32 Å². The highest BCUT2D eigenvalue weighted by molar-refractivity contribution is 5.96. The van der Waals surface area contributed by atoms with Crippen molar-refractivity contribution < 1.29 is 19.8 Å². The molecule has 0 saturated carbocycles. The second-order valence-electron chi connectivity index (χ2n) is 6.16. The molecule has 0 heterocycles. The van der Waals surface area contributed by atoms with E-state index in [1.807, 2.05) is 25.1 Å². The van der Waals surface area contributed by atoms with Gasteiger partial charge in [0, 0.05) is 18.0 Å². The Bertz CT molecular complexity index is 697. The number of nitrogens with one attached hydrogen (secondary N) is 1. The molecule has 0 radical (unpaired) electrons. The molecule has 0 aliphatic rings. The Morgan fingerprint density at radius 1 is 1.04 bits per heavy atom. The highest BCUT2D eigenvalue weighted by Gasteiger charge is 2.21. The number of aliphatic carboxylic acids is 1. The molecule has 5 nitrogen and oxygen atoms in total. The van der Waals surface area contributed by atoms with Crippen molar-refractivity contribution in [3.8, 4) is 5.75 Å². The molecule has 0 saturated heterocycles. The Morgan fingerprint density at radius 2 is 1.68 bits per heavy atom. The quantitative estimate of drug-likeness (QED) is 0.610. The van der Waals surface area contributed by atoms with Crippen LogP contribution in [0.4, 0.5) is 0 Å². The van der Waals surface area contributed by atoms with Gasteiger partial charge in [0.15, 0.2) is 5.78 Å². The van der Waals surface area contributed by atoms with Crippen LogP contribution in [0.15, 0.2) is 54.6 Å². The van der Waals surface area contributed by atoms with Gasteiger partial charge >= 0.3 is 5.97 Å². The van der Waals surface area contributed by atoms with E-state index in [2.05, 4.69) is 5.32 Å². The molecule has 0 aliphatic heterocycles. The van der Waals surface area contributed by atoms with Crippen molar-refractivity contribution in [1.82, 2.24) is 5.32 Å². The summed E-state index contributed by atoms with van der Waals surface area (Å²) in [5.41, 5.74) is 1.59. The summed E-state index contributed by atoms with van der Waals surface area (Å²) >= 11 is 0. The van der Waals surface area contributed by atoms with Crippen molar-refractivity contribution in [2.24, 2.45) is 0 Å². The minimum absolute atomic E-state index is 0.0109. The average molecular weight is 341 g/mol. The second-order valence-corrected chi connectivity index (χ2v) is 6.16. The molecule has 2 atom stereocenters. The summed E-state index contributed by atoms with van der Waals surface area (Å²) < 4.78 is 0. The van der Waals surface area contributed by atoms with E-state index in [-0.39, 0.29) is 24.0 Å². The van der Waals surface area contributed by atoms with Gasteiger partial charge in [-0.2, -0.15) is 0 Å². The Kier molecular flexibility index (Phi) is 6.71. The molecule has 5 heteroatoms. The Morgan fingerprint density at radius 3 is 2.28 bits per heavy atom. The fourth-order valence-electron chi connectivity index (χ4n) is 2.67. The number of hydrogen-bond acceptors (Lipinski definition) is 4. The number of carbonyl (C=O) groups is 2. The van der Waals surface area contributed by atoms with E-state index in [9.17, 15) is 19.8 Å². The molecular weight excluding hydrogens is 318 g/mol. The number of rotatable bonds is 9. The number of hydrogen-bond donors (Lipinski definition) is 3. The number of aromatic hydroxyl groups is 1. The van der Waals surface area contributed by atoms with E-state index in [1.165, 1.54) is 0 Å². The molecule has 0 spiro atoms. The summed E-state index contributed by atoms with van der Waals surface area (Å²) in [4.78, 5) is 23.7. The summed E-state index contributed by atoms with van der Waals surface area (Å²) in [6.45, 7) is 1.82. The molecule has 2 aromatic rings. The lowest BCUT2D eigenvalue weighted by atomic mass is 10.0. The lowest BCUT2D eigenvalue weighted by Crippen LogP contribution is -2.43. The van der Waals surface area contributed by atoms with Crippen LogP contribution in [-0.4, -0.2) is 34.0 Å². The van der Waals surface area contributed by atoms with Crippen LogP contribution in [0.25, 0.3) is 0 Å². The van der Waals surface area contributed by atoms with E-state index in [1.54, 1.807) is 36.4 Å². The molecule has 0 bridgehead atoms. The van der Waals surface area contributed by atoms with Crippen LogP contribution in [0.3, 0.4) is 0 Å². The first-order valence-corrected chi connectivity index (χ1v) is 8.30. The Hall–Kier alpha value is -2.66. The minimum atomic E-state index is -0.933. The van der Waals surface area contributed by atoms with Crippen LogP contribution in [0.1, 0.15) is 35.7 Å². The van der Waals surface area contributed by atoms with Crippen LogP contribution in [0.5, 0.6) is 5.75 Å². The minimum Gasteiger partial charge on any atom is -0.508 e. The summed E-state index contributed by atoms with van der Waals surface area (Å²) in [6.07, 6.45) is 1.22. The number of phenolic OH excluding ortho intramolecular Hbond substituents is 1. The van der Waals surface area contributed by atoms with Crippen molar-refractivity contribution >= 4 is 11.8 Å². The Balaban J connectivity index is 1.88. The zero-order valence-corrected chi connectivity index (χ0v) is 14.2.